The van der Waals surface area contributed by atoms with Gasteiger partial charge in [-0.15, -0.1) is 0 Å². The zero-order valence-corrected chi connectivity index (χ0v) is 40.2. The fourth-order valence-electron chi connectivity index (χ4n) is 8.61. The van der Waals surface area contributed by atoms with Gasteiger partial charge in [-0.05, 0) is 12.8 Å². The Hall–Kier alpha value is -0.810. The van der Waals surface area contributed by atoms with Crippen LogP contribution in [0, 0.1) is 0 Å². The van der Waals surface area contributed by atoms with Crippen LogP contribution in [0.5, 0.6) is 0 Å². The molecule has 0 radical (unpaired) electrons. The fraction of sp³-hybridized carbons (Fsp3) is 0.981. The number of aliphatic hydroxyl groups excluding tert-OH is 4. The van der Waals surface area contributed by atoms with Gasteiger partial charge in [0.05, 0.1) is 19.8 Å². The van der Waals surface area contributed by atoms with Crippen molar-refractivity contribution in [3.8, 4) is 0 Å². The number of hydrogen-bond acceptors (Lipinski definition) is 9. The highest BCUT2D eigenvalue weighted by Crippen LogP contribution is 2.23. The minimum absolute atomic E-state index is 0.105. The molecule has 0 bridgehead atoms. The Bertz CT molecular complexity index is 904. The van der Waals surface area contributed by atoms with E-state index in [9.17, 15) is 25.2 Å². The van der Waals surface area contributed by atoms with Crippen molar-refractivity contribution in [1.29, 1.82) is 0 Å². The first-order valence-corrected chi connectivity index (χ1v) is 26.6. The molecule has 6 unspecified atom stereocenters. The lowest BCUT2D eigenvalue weighted by Gasteiger charge is -2.39. The number of unbranched alkanes of at least 4 members (excludes halogenated alkanes) is 36. The van der Waals surface area contributed by atoms with E-state index in [0.29, 0.717) is 13.0 Å². The van der Waals surface area contributed by atoms with E-state index in [1.54, 1.807) is 0 Å². The van der Waals surface area contributed by atoms with Gasteiger partial charge in [-0.2, -0.15) is 0 Å². The minimum Gasteiger partial charge on any atom is -0.457 e. The average molecular weight is 871 g/mol. The molecule has 4 N–H and O–H groups in total. The molecule has 1 rings (SSSR count). The number of hydrogen-bond donors (Lipinski definition) is 4. The van der Waals surface area contributed by atoms with Crippen molar-refractivity contribution in [2.24, 2.45) is 0 Å². The zero-order valence-electron chi connectivity index (χ0n) is 40.2. The van der Waals surface area contributed by atoms with Crippen LogP contribution >= 0.6 is 0 Å². The second-order valence-corrected chi connectivity index (χ2v) is 18.7. The summed E-state index contributed by atoms with van der Waals surface area (Å²) in [5, 5.41) is 40.2. The van der Waals surface area contributed by atoms with E-state index in [1.165, 1.54) is 212 Å². The molecule has 1 aliphatic rings. The van der Waals surface area contributed by atoms with Crippen LogP contribution in [0.1, 0.15) is 264 Å². The number of carbonyl (C=O) groups is 1. The summed E-state index contributed by atoms with van der Waals surface area (Å²) in [5.41, 5.74) is 0. The summed E-state index contributed by atoms with van der Waals surface area (Å²) >= 11 is 0. The molecule has 6 atom stereocenters. The first kappa shape index (κ1) is 58.2. The first-order chi connectivity index (χ1) is 29.9. The summed E-state index contributed by atoms with van der Waals surface area (Å²) in [6, 6.07) is 0. The van der Waals surface area contributed by atoms with Crippen LogP contribution in [0.25, 0.3) is 0 Å². The molecule has 0 saturated carbocycles. The molecule has 61 heavy (non-hydrogen) atoms. The van der Waals surface area contributed by atoms with Gasteiger partial charge in [-0.3, -0.25) is 4.79 Å². The first-order valence-electron chi connectivity index (χ1n) is 26.6. The third kappa shape index (κ3) is 35.2. The summed E-state index contributed by atoms with van der Waals surface area (Å²) in [5.74, 6) is -0.304. The molecule has 1 heterocycles. The Labute approximate surface area is 376 Å². The molecule has 9 heteroatoms. The summed E-state index contributed by atoms with van der Waals surface area (Å²) < 4.78 is 22.9. The van der Waals surface area contributed by atoms with E-state index in [4.69, 9.17) is 18.9 Å². The van der Waals surface area contributed by atoms with E-state index < -0.39 is 43.4 Å². The van der Waals surface area contributed by atoms with Crippen molar-refractivity contribution < 1.29 is 44.2 Å². The van der Waals surface area contributed by atoms with Crippen LogP contribution in [0.2, 0.25) is 0 Å². The van der Waals surface area contributed by atoms with Crippen LogP contribution in [-0.4, -0.2) is 89.6 Å². The molecule has 0 amide bonds. The Kier molecular flexibility index (Phi) is 42.4. The largest absolute Gasteiger partial charge is 0.457 e. The molecular weight excluding hydrogens is 769 g/mol. The van der Waals surface area contributed by atoms with Gasteiger partial charge in [-0.1, -0.05) is 245 Å². The number of aliphatic hydroxyl groups is 4. The molecule has 1 fully saturated rings. The van der Waals surface area contributed by atoms with E-state index in [0.717, 1.165) is 32.1 Å². The second kappa shape index (κ2) is 44.4. The summed E-state index contributed by atoms with van der Waals surface area (Å²) in [7, 11) is 0. The number of esters is 1. The Morgan fingerprint density at radius 3 is 1.16 bits per heavy atom. The highest BCUT2D eigenvalue weighted by Gasteiger charge is 2.44. The van der Waals surface area contributed by atoms with Gasteiger partial charge in [0, 0.05) is 13.0 Å². The predicted octanol–water partition coefficient (Wildman–Crippen LogP) is 13.0. The van der Waals surface area contributed by atoms with Crippen molar-refractivity contribution in [2.75, 3.05) is 26.4 Å². The van der Waals surface area contributed by atoms with E-state index >= 15 is 0 Å². The number of rotatable bonds is 47. The fourth-order valence-corrected chi connectivity index (χ4v) is 8.61. The van der Waals surface area contributed by atoms with Crippen LogP contribution in [0.15, 0.2) is 0 Å². The molecule has 0 aliphatic carbocycles. The lowest BCUT2D eigenvalue weighted by Crippen LogP contribution is -2.59. The molecule has 1 aliphatic heterocycles. The van der Waals surface area contributed by atoms with Gasteiger partial charge < -0.3 is 39.4 Å². The monoisotopic (exact) mass is 871 g/mol. The SMILES string of the molecule is CCCCCCCCCCCCCCCCCCCCCCCCCCC(=O)OC(COCCCCCCCCCCCCCCCC)COC1OC(CO)C(O)C(O)C1O. The quantitative estimate of drug-likeness (QED) is 0.0348. The third-order valence-electron chi connectivity index (χ3n) is 12.8. The molecule has 1 saturated heterocycles. The molecule has 0 aromatic heterocycles. The smallest absolute Gasteiger partial charge is 0.306 e. The maximum Gasteiger partial charge on any atom is 0.306 e. The Balaban J connectivity index is 2.13. The van der Waals surface area contributed by atoms with Gasteiger partial charge in [0.2, 0.25) is 0 Å². The molecule has 0 spiro atoms. The Morgan fingerprint density at radius 2 is 0.803 bits per heavy atom. The molecule has 0 aromatic carbocycles. The van der Waals surface area contributed by atoms with E-state index in [-0.39, 0.29) is 19.2 Å². The van der Waals surface area contributed by atoms with Crippen molar-refractivity contribution >= 4 is 5.97 Å². The zero-order chi connectivity index (χ0) is 44.3. The second-order valence-electron chi connectivity index (χ2n) is 18.7. The molecular formula is C52H102O9. The molecule has 364 valence electrons. The normalized spacial score (nSPS) is 19.7. The van der Waals surface area contributed by atoms with Crippen molar-refractivity contribution in [2.45, 2.75) is 301 Å². The van der Waals surface area contributed by atoms with Gasteiger partial charge in [0.15, 0.2) is 6.29 Å². The molecule has 0 aromatic rings. The number of ether oxygens (including phenoxy) is 4. The topological polar surface area (TPSA) is 135 Å². The van der Waals surface area contributed by atoms with E-state index in [2.05, 4.69) is 13.8 Å². The highest BCUT2D eigenvalue weighted by molar-refractivity contribution is 5.69. The van der Waals surface area contributed by atoms with Crippen molar-refractivity contribution in [1.82, 2.24) is 0 Å². The summed E-state index contributed by atoms with van der Waals surface area (Å²) in [6.45, 7) is 4.63. The van der Waals surface area contributed by atoms with Crippen LogP contribution in [-0.2, 0) is 23.7 Å². The van der Waals surface area contributed by atoms with Crippen LogP contribution < -0.4 is 0 Å². The lowest BCUT2D eigenvalue weighted by atomic mass is 9.99. The van der Waals surface area contributed by atoms with Gasteiger partial charge >= 0.3 is 5.97 Å². The van der Waals surface area contributed by atoms with E-state index in [1.807, 2.05) is 0 Å². The molecule has 9 nitrogen and oxygen atoms in total. The van der Waals surface area contributed by atoms with Gasteiger partial charge in [-0.25, -0.2) is 0 Å². The minimum atomic E-state index is -1.53. The maximum atomic E-state index is 12.8. The van der Waals surface area contributed by atoms with Crippen LogP contribution in [0.4, 0.5) is 0 Å². The average Bonchev–Trinajstić information content (AvgIpc) is 3.26. The van der Waals surface area contributed by atoms with Crippen molar-refractivity contribution in [3.63, 3.8) is 0 Å². The van der Waals surface area contributed by atoms with Crippen molar-refractivity contribution in [3.05, 3.63) is 0 Å². The van der Waals surface area contributed by atoms with Crippen LogP contribution in [0.3, 0.4) is 0 Å². The third-order valence-corrected chi connectivity index (χ3v) is 12.8. The standard InChI is InChI=1S/C52H102O9/c1-3-5-7-9-11-13-15-17-19-20-21-22-23-24-25-26-27-28-29-31-33-35-37-39-41-48(54)60-46(45-59-52-51(57)50(56)49(55)47(43-53)61-52)44-58-42-40-38-36-34-32-30-18-16-14-12-10-8-6-4-2/h46-47,49-53,55-57H,3-45H2,1-2H3. The Morgan fingerprint density at radius 1 is 0.459 bits per heavy atom. The number of carbonyl (C=O) groups excluding carboxylic acids is 1. The summed E-state index contributed by atoms with van der Waals surface area (Å²) in [4.78, 5) is 12.8. The summed E-state index contributed by atoms with van der Waals surface area (Å²) in [6.07, 6.45) is 42.9. The highest BCUT2D eigenvalue weighted by atomic mass is 16.7. The van der Waals surface area contributed by atoms with Gasteiger partial charge in [0.25, 0.3) is 0 Å². The maximum absolute atomic E-state index is 12.8. The predicted molar refractivity (Wildman–Crippen MR) is 252 cm³/mol. The lowest BCUT2D eigenvalue weighted by molar-refractivity contribution is -0.305. The van der Waals surface area contributed by atoms with Gasteiger partial charge in [0.1, 0.15) is 30.5 Å².